The maximum absolute atomic E-state index is 10.9. The summed E-state index contributed by atoms with van der Waals surface area (Å²) in [7, 11) is 0. The topological polar surface area (TPSA) is 60.9 Å². The van der Waals surface area contributed by atoms with E-state index in [0.29, 0.717) is 5.69 Å². The standard InChI is InChI=1S/C8H13N3O/c1-3-4-11-6(2)10-5-7(11)8(9)12/h5H,3-4H2,1-2H3,(H2,9,12). The van der Waals surface area contributed by atoms with Gasteiger partial charge in [-0.2, -0.15) is 0 Å². The molecule has 1 aromatic heterocycles. The molecule has 1 amide bonds. The van der Waals surface area contributed by atoms with Gasteiger partial charge in [-0.05, 0) is 13.3 Å². The molecular weight excluding hydrogens is 154 g/mol. The Labute approximate surface area is 71.4 Å². The lowest BCUT2D eigenvalue weighted by molar-refractivity contribution is 0.0991. The Morgan fingerprint density at radius 1 is 1.75 bits per heavy atom. The average Bonchev–Trinajstić information content (AvgIpc) is 2.34. The maximum Gasteiger partial charge on any atom is 0.266 e. The zero-order valence-electron chi connectivity index (χ0n) is 7.37. The molecule has 0 aliphatic carbocycles. The van der Waals surface area contributed by atoms with Crippen molar-refractivity contribution in [3.05, 3.63) is 17.7 Å². The molecular formula is C8H13N3O. The third kappa shape index (κ3) is 1.47. The van der Waals surface area contributed by atoms with Crippen molar-refractivity contribution in [1.82, 2.24) is 9.55 Å². The van der Waals surface area contributed by atoms with E-state index < -0.39 is 5.91 Å². The summed E-state index contributed by atoms with van der Waals surface area (Å²) in [6, 6.07) is 0. The van der Waals surface area contributed by atoms with Crippen LogP contribution in [0.25, 0.3) is 0 Å². The van der Waals surface area contributed by atoms with Crippen molar-refractivity contribution in [2.75, 3.05) is 0 Å². The Morgan fingerprint density at radius 3 is 2.92 bits per heavy atom. The van der Waals surface area contributed by atoms with Gasteiger partial charge in [-0.25, -0.2) is 4.98 Å². The molecule has 1 aromatic rings. The molecule has 1 heterocycles. The molecule has 0 atom stereocenters. The van der Waals surface area contributed by atoms with Crippen molar-refractivity contribution >= 4 is 5.91 Å². The molecule has 0 fully saturated rings. The first-order chi connectivity index (χ1) is 5.66. The second kappa shape index (κ2) is 3.38. The molecule has 12 heavy (non-hydrogen) atoms. The number of nitrogens with two attached hydrogens (primary N) is 1. The van der Waals surface area contributed by atoms with Gasteiger partial charge in [0.15, 0.2) is 0 Å². The van der Waals surface area contributed by atoms with Gasteiger partial charge in [-0.15, -0.1) is 0 Å². The van der Waals surface area contributed by atoms with Crippen LogP contribution in [0.4, 0.5) is 0 Å². The highest BCUT2D eigenvalue weighted by molar-refractivity contribution is 5.90. The van der Waals surface area contributed by atoms with Crippen molar-refractivity contribution < 1.29 is 4.79 Å². The van der Waals surface area contributed by atoms with Crippen molar-refractivity contribution in [2.24, 2.45) is 5.73 Å². The average molecular weight is 167 g/mol. The molecule has 0 saturated heterocycles. The number of amides is 1. The second-order valence-electron chi connectivity index (χ2n) is 2.71. The Morgan fingerprint density at radius 2 is 2.42 bits per heavy atom. The zero-order valence-corrected chi connectivity index (χ0v) is 7.37. The molecule has 0 spiro atoms. The van der Waals surface area contributed by atoms with E-state index in [0.717, 1.165) is 18.8 Å². The van der Waals surface area contributed by atoms with Gasteiger partial charge >= 0.3 is 0 Å². The normalized spacial score (nSPS) is 10.2. The highest BCUT2D eigenvalue weighted by Crippen LogP contribution is 2.04. The van der Waals surface area contributed by atoms with E-state index in [9.17, 15) is 4.79 Å². The van der Waals surface area contributed by atoms with Crippen molar-refractivity contribution in [3.8, 4) is 0 Å². The SMILES string of the molecule is CCCn1c(C(N)=O)cnc1C. The molecule has 4 heteroatoms. The number of aryl methyl sites for hydroxylation is 1. The Hall–Kier alpha value is -1.32. The summed E-state index contributed by atoms with van der Waals surface area (Å²) in [5.41, 5.74) is 5.65. The minimum Gasteiger partial charge on any atom is -0.364 e. The van der Waals surface area contributed by atoms with Crippen molar-refractivity contribution in [1.29, 1.82) is 0 Å². The van der Waals surface area contributed by atoms with E-state index in [1.54, 1.807) is 0 Å². The first kappa shape index (κ1) is 8.77. The Bertz CT molecular complexity index is 290. The number of nitrogens with zero attached hydrogens (tertiary/aromatic N) is 2. The van der Waals surface area contributed by atoms with Crippen molar-refractivity contribution in [3.63, 3.8) is 0 Å². The summed E-state index contributed by atoms with van der Waals surface area (Å²) in [5.74, 6) is 0.426. The van der Waals surface area contributed by atoms with Gasteiger partial charge in [0, 0.05) is 6.54 Å². The monoisotopic (exact) mass is 167 g/mol. The molecule has 66 valence electrons. The highest BCUT2D eigenvalue weighted by atomic mass is 16.1. The number of carbonyl (C=O) groups is 1. The second-order valence-corrected chi connectivity index (χ2v) is 2.71. The predicted molar refractivity (Wildman–Crippen MR) is 45.8 cm³/mol. The van der Waals surface area contributed by atoms with Crippen LogP contribution < -0.4 is 5.73 Å². The fraction of sp³-hybridized carbons (Fsp3) is 0.500. The summed E-state index contributed by atoms with van der Waals surface area (Å²) in [6.07, 6.45) is 2.49. The summed E-state index contributed by atoms with van der Waals surface area (Å²) < 4.78 is 1.84. The van der Waals surface area contributed by atoms with E-state index in [4.69, 9.17) is 5.73 Å². The fourth-order valence-electron chi connectivity index (χ4n) is 1.17. The summed E-state index contributed by atoms with van der Waals surface area (Å²) in [6.45, 7) is 4.70. The van der Waals surface area contributed by atoms with Gasteiger partial charge < -0.3 is 10.3 Å². The fourth-order valence-corrected chi connectivity index (χ4v) is 1.17. The van der Waals surface area contributed by atoms with Crippen LogP contribution in [0.5, 0.6) is 0 Å². The molecule has 0 bridgehead atoms. The number of primary amides is 1. The lowest BCUT2D eigenvalue weighted by Crippen LogP contribution is -2.17. The number of carbonyl (C=O) groups excluding carboxylic acids is 1. The van der Waals surface area contributed by atoms with Gasteiger partial charge in [-0.3, -0.25) is 4.79 Å². The third-order valence-electron chi connectivity index (χ3n) is 1.75. The molecule has 0 aliphatic rings. The zero-order chi connectivity index (χ0) is 9.14. The first-order valence-corrected chi connectivity index (χ1v) is 3.98. The van der Waals surface area contributed by atoms with Crippen molar-refractivity contribution in [2.45, 2.75) is 26.8 Å². The van der Waals surface area contributed by atoms with E-state index in [2.05, 4.69) is 4.98 Å². The minimum atomic E-state index is -0.413. The Balaban J connectivity index is 3.03. The number of hydrogen-bond donors (Lipinski definition) is 1. The summed E-state index contributed by atoms with van der Waals surface area (Å²) >= 11 is 0. The molecule has 4 nitrogen and oxygen atoms in total. The largest absolute Gasteiger partial charge is 0.364 e. The molecule has 0 unspecified atom stereocenters. The molecule has 0 aromatic carbocycles. The molecule has 0 aliphatic heterocycles. The van der Waals surface area contributed by atoms with Crippen LogP contribution >= 0.6 is 0 Å². The van der Waals surface area contributed by atoms with Crippen LogP contribution in [-0.4, -0.2) is 15.5 Å². The summed E-state index contributed by atoms with van der Waals surface area (Å²) in [5, 5.41) is 0. The van der Waals surface area contributed by atoms with Crippen LogP contribution in [0, 0.1) is 6.92 Å². The van der Waals surface area contributed by atoms with E-state index in [1.807, 2.05) is 18.4 Å². The van der Waals surface area contributed by atoms with Crippen LogP contribution in [0.2, 0.25) is 0 Å². The first-order valence-electron chi connectivity index (χ1n) is 3.98. The van der Waals surface area contributed by atoms with Crippen LogP contribution in [0.15, 0.2) is 6.20 Å². The molecule has 0 saturated carbocycles. The molecule has 2 N–H and O–H groups in total. The molecule has 0 radical (unpaired) electrons. The molecule has 1 rings (SSSR count). The third-order valence-corrected chi connectivity index (χ3v) is 1.75. The smallest absolute Gasteiger partial charge is 0.266 e. The quantitative estimate of drug-likeness (QED) is 0.720. The van der Waals surface area contributed by atoms with E-state index in [1.165, 1.54) is 6.20 Å². The number of rotatable bonds is 3. The number of imidazole rings is 1. The maximum atomic E-state index is 10.9. The lowest BCUT2D eigenvalue weighted by Gasteiger charge is -2.04. The highest BCUT2D eigenvalue weighted by Gasteiger charge is 2.09. The van der Waals surface area contributed by atoms with E-state index in [-0.39, 0.29) is 0 Å². The van der Waals surface area contributed by atoms with Crippen LogP contribution in [0.3, 0.4) is 0 Å². The van der Waals surface area contributed by atoms with Gasteiger partial charge in [0.25, 0.3) is 5.91 Å². The van der Waals surface area contributed by atoms with Crippen LogP contribution in [0.1, 0.15) is 29.7 Å². The number of hydrogen-bond acceptors (Lipinski definition) is 2. The van der Waals surface area contributed by atoms with E-state index >= 15 is 0 Å². The van der Waals surface area contributed by atoms with Gasteiger partial charge in [0.1, 0.15) is 11.5 Å². The number of aromatic nitrogens is 2. The lowest BCUT2D eigenvalue weighted by atomic mass is 10.4. The van der Waals surface area contributed by atoms with Gasteiger partial charge in [0.2, 0.25) is 0 Å². The van der Waals surface area contributed by atoms with Crippen LogP contribution in [-0.2, 0) is 6.54 Å². The minimum absolute atomic E-state index is 0.413. The van der Waals surface area contributed by atoms with Gasteiger partial charge in [-0.1, -0.05) is 6.92 Å². The Kier molecular flexibility index (Phi) is 2.47. The van der Waals surface area contributed by atoms with Gasteiger partial charge in [0.05, 0.1) is 6.20 Å². The predicted octanol–water partition coefficient (Wildman–Crippen LogP) is 0.700. The summed E-state index contributed by atoms with van der Waals surface area (Å²) in [4.78, 5) is 14.9.